The molecule has 0 spiro atoms. The molecule has 1 aromatic carbocycles. The van der Waals surface area contributed by atoms with Crippen LogP contribution >= 0.6 is 0 Å². The maximum atomic E-state index is 12.7. The molecule has 3 aromatic rings. The van der Waals surface area contributed by atoms with E-state index in [1.807, 2.05) is 13.0 Å². The molecular weight excluding hydrogens is 414 g/mol. The Morgan fingerprint density at radius 1 is 1.09 bits per heavy atom. The first-order valence-electron chi connectivity index (χ1n) is 9.93. The van der Waals surface area contributed by atoms with E-state index in [1.165, 1.54) is 7.05 Å². The van der Waals surface area contributed by atoms with Gasteiger partial charge in [0.05, 0.1) is 18.7 Å². The number of nitrogens with two attached hydrogens (primary N) is 1. The molecule has 0 saturated carbocycles. The maximum absolute atomic E-state index is 12.7. The van der Waals surface area contributed by atoms with E-state index in [1.54, 1.807) is 42.9 Å². The summed E-state index contributed by atoms with van der Waals surface area (Å²) in [5.74, 6) is -1.68. The summed E-state index contributed by atoms with van der Waals surface area (Å²) >= 11 is 0. The van der Waals surface area contributed by atoms with Crippen LogP contribution in [-0.4, -0.2) is 37.3 Å². The third-order valence-electron chi connectivity index (χ3n) is 5.39. The number of hydrogen-bond acceptors (Lipinski definition) is 7. The highest BCUT2D eigenvalue weighted by Gasteiger charge is 2.23. The van der Waals surface area contributed by atoms with E-state index in [2.05, 4.69) is 5.10 Å². The first kappa shape index (κ1) is 22.7. The summed E-state index contributed by atoms with van der Waals surface area (Å²) in [6.45, 7) is 3.02. The number of esters is 1. The van der Waals surface area contributed by atoms with Crippen LogP contribution in [0.4, 0.5) is 5.82 Å². The van der Waals surface area contributed by atoms with E-state index >= 15 is 0 Å². The normalized spacial score (nSPS) is 10.9. The summed E-state index contributed by atoms with van der Waals surface area (Å²) in [7, 11) is 3.03. The Bertz CT molecular complexity index is 1300. The summed E-state index contributed by atoms with van der Waals surface area (Å²) < 4.78 is 8.72. The molecule has 0 atom stereocenters. The number of Topliss-reactive ketones (excluding diaryl/α,β-unsaturated/α-hetero) is 1. The van der Waals surface area contributed by atoms with Gasteiger partial charge in [0.2, 0.25) is 5.78 Å². The maximum Gasteiger partial charge on any atom is 0.332 e. The van der Waals surface area contributed by atoms with Gasteiger partial charge in [-0.05, 0) is 19.4 Å². The lowest BCUT2D eigenvalue weighted by Crippen LogP contribution is -2.43. The minimum atomic E-state index is -0.836. The molecule has 0 saturated heterocycles. The molecule has 3 rings (SSSR count). The summed E-state index contributed by atoms with van der Waals surface area (Å²) in [5.41, 5.74) is 7.19. The number of carbonyl (C=O) groups excluding carboxylic acids is 2. The van der Waals surface area contributed by atoms with Gasteiger partial charge in [-0.2, -0.15) is 5.10 Å². The van der Waals surface area contributed by atoms with Crippen LogP contribution in [0, 0.1) is 13.8 Å². The molecule has 0 aliphatic heterocycles. The summed E-state index contributed by atoms with van der Waals surface area (Å²) in [4.78, 5) is 50.2. The van der Waals surface area contributed by atoms with Crippen molar-refractivity contribution in [1.82, 2.24) is 18.9 Å². The second kappa shape index (κ2) is 9.04. The van der Waals surface area contributed by atoms with Gasteiger partial charge in [0.1, 0.15) is 11.4 Å². The van der Waals surface area contributed by atoms with Crippen molar-refractivity contribution in [2.75, 3.05) is 12.3 Å². The Morgan fingerprint density at radius 2 is 1.75 bits per heavy atom. The molecule has 32 heavy (non-hydrogen) atoms. The standard InChI is InChI=1S/C22H25N5O5/c1-13-16(14(2)26(4)24-13)10-18(29)32-12-17(28)19-20(23)27(22(31)25(3)21(19)30)11-15-8-6-5-7-9-15/h5-9H,10-12,23H2,1-4H3. The second-order valence-corrected chi connectivity index (χ2v) is 7.51. The molecule has 168 valence electrons. The predicted octanol–water partition coefficient (Wildman–Crippen LogP) is 0.496. The number of ether oxygens (including phenoxy) is 1. The average Bonchev–Trinajstić information content (AvgIpc) is 3.00. The molecule has 2 heterocycles. The van der Waals surface area contributed by atoms with Crippen LogP contribution in [0.1, 0.15) is 32.9 Å². The fourth-order valence-corrected chi connectivity index (χ4v) is 3.45. The molecule has 2 N–H and O–H groups in total. The van der Waals surface area contributed by atoms with Gasteiger partial charge in [-0.25, -0.2) is 4.79 Å². The van der Waals surface area contributed by atoms with E-state index in [-0.39, 0.29) is 24.3 Å². The molecule has 0 aliphatic carbocycles. The van der Waals surface area contributed by atoms with Crippen LogP contribution in [0.2, 0.25) is 0 Å². The van der Waals surface area contributed by atoms with Crippen LogP contribution in [0.3, 0.4) is 0 Å². The van der Waals surface area contributed by atoms with Gasteiger partial charge < -0.3 is 10.5 Å². The van der Waals surface area contributed by atoms with Gasteiger partial charge in [0.25, 0.3) is 5.56 Å². The number of aryl methyl sites for hydroxylation is 2. The van der Waals surface area contributed by atoms with Gasteiger partial charge in [-0.1, -0.05) is 30.3 Å². The predicted molar refractivity (Wildman–Crippen MR) is 118 cm³/mol. The Kier molecular flexibility index (Phi) is 6.42. The highest BCUT2D eigenvalue weighted by atomic mass is 16.5. The molecule has 10 nitrogen and oxygen atoms in total. The van der Waals surface area contributed by atoms with E-state index in [0.29, 0.717) is 5.69 Å². The molecular formula is C22H25N5O5. The zero-order chi connectivity index (χ0) is 23.6. The van der Waals surface area contributed by atoms with Crippen molar-refractivity contribution >= 4 is 17.6 Å². The number of carbonyl (C=O) groups is 2. The monoisotopic (exact) mass is 439 g/mol. The molecule has 0 aliphatic rings. The van der Waals surface area contributed by atoms with Gasteiger partial charge >= 0.3 is 11.7 Å². The number of rotatable bonds is 7. The SMILES string of the molecule is Cc1nn(C)c(C)c1CC(=O)OCC(=O)c1c(N)n(Cc2ccccc2)c(=O)n(C)c1=O. The topological polar surface area (TPSA) is 131 Å². The summed E-state index contributed by atoms with van der Waals surface area (Å²) in [5, 5.41) is 4.24. The minimum absolute atomic E-state index is 0.0558. The molecule has 0 bridgehead atoms. The Labute approximate surface area is 183 Å². The Hall–Kier alpha value is -3.95. The number of anilines is 1. The Balaban J connectivity index is 1.82. The lowest BCUT2D eigenvalue weighted by atomic mass is 10.1. The van der Waals surface area contributed by atoms with Crippen LogP contribution in [0.5, 0.6) is 0 Å². The van der Waals surface area contributed by atoms with E-state index in [9.17, 15) is 19.2 Å². The van der Waals surface area contributed by atoms with Crippen molar-refractivity contribution in [2.45, 2.75) is 26.8 Å². The first-order valence-corrected chi connectivity index (χ1v) is 9.93. The quantitative estimate of drug-likeness (QED) is 0.419. The number of nitrogen functional groups attached to an aromatic ring is 1. The average molecular weight is 439 g/mol. The fourth-order valence-electron chi connectivity index (χ4n) is 3.45. The number of aromatic nitrogens is 4. The Morgan fingerprint density at radius 3 is 2.34 bits per heavy atom. The van der Waals surface area contributed by atoms with Gasteiger partial charge in [0.15, 0.2) is 6.61 Å². The molecule has 2 aromatic heterocycles. The zero-order valence-corrected chi connectivity index (χ0v) is 18.4. The largest absolute Gasteiger partial charge is 0.457 e. The minimum Gasteiger partial charge on any atom is -0.457 e. The number of nitrogens with zero attached hydrogens (tertiary/aromatic N) is 4. The van der Waals surface area contributed by atoms with Crippen LogP contribution in [0.15, 0.2) is 39.9 Å². The van der Waals surface area contributed by atoms with Crippen molar-refractivity contribution < 1.29 is 14.3 Å². The number of hydrogen-bond donors (Lipinski definition) is 1. The van der Waals surface area contributed by atoms with Crippen molar-refractivity contribution in [1.29, 1.82) is 0 Å². The number of benzene rings is 1. The van der Waals surface area contributed by atoms with Gasteiger partial charge in [-0.3, -0.25) is 28.2 Å². The first-order chi connectivity index (χ1) is 15.1. The van der Waals surface area contributed by atoms with Crippen LogP contribution in [-0.2, 0) is 36.6 Å². The number of ketones is 1. The fraction of sp³-hybridized carbons (Fsp3) is 0.318. The van der Waals surface area contributed by atoms with Crippen molar-refractivity contribution in [3.05, 3.63) is 79.2 Å². The molecule has 0 radical (unpaired) electrons. The van der Waals surface area contributed by atoms with Crippen molar-refractivity contribution in [3.63, 3.8) is 0 Å². The molecule has 0 fully saturated rings. The smallest absolute Gasteiger partial charge is 0.332 e. The zero-order valence-electron chi connectivity index (χ0n) is 18.4. The van der Waals surface area contributed by atoms with E-state index in [0.717, 1.165) is 26.0 Å². The van der Waals surface area contributed by atoms with E-state index < -0.39 is 29.6 Å². The third kappa shape index (κ3) is 4.39. The van der Waals surface area contributed by atoms with E-state index in [4.69, 9.17) is 10.5 Å². The second-order valence-electron chi connectivity index (χ2n) is 7.51. The highest BCUT2D eigenvalue weighted by Crippen LogP contribution is 2.14. The lowest BCUT2D eigenvalue weighted by Gasteiger charge is -2.14. The molecule has 0 unspecified atom stereocenters. The summed E-state index contributed by atoms with van der Waals surface area (Å²) in [6.07, 6.45) is -0.0558. The lowest BCUT2D eigenvalue weighted by molar-refractivity contribution is -0.141. The highest BCUT2D eigenvalue weighted by molar-refractivity contribution is 6.01. The van der Waals surface area contributed by atoms with Gasteiger partial charge in [0, 0.05) is 25.4 Å². The van der Waals surface area contributed by atoms with Crippen molar-refractivity contribution in [3.8, 4) is 0 Å². The van der Waals surface area contributed by atoms with Crippen LogP contribution in [0.25, 0.3) is 0 Å². The summed E-state index contributed by atoms with van der Waals surface area (Å²) in [6, 6.07) is 9.02. The van der Waals surface area contributed by atoms with Crippen LogP contribution < -0.4 is 17.0 Å². The molecule has 10 heteroatoms. The van der Waals surface area contributed by atoms with Crippen molar-refractivity contribution in [2.24, 2.45) is 14.1 Å². The third-order valence-corrected chi connectivity index (χ3v) is 5.39. The van der Waals surface area contributed by atoms with Gasteiger partial charge in [-0.15, -0.1) is 0 Å². The molecule has 0 amide bonds.